The third-order valence-corrected chi connectivity index (χ3v) is 1.26. The molecular formula is C8H11N3O2. The molecule has 0 amide bonds. The Morgan fingerprint density at radius 1 is 1.77 bits per heavy atom. The van der Waals surface area contributed by atoms with Gasteiger partial charge in [0.25, 0.3) is 0 Å². The first-order valence-electron chi connectivity index (χ1n) is 3.77. The summed E-state index contributed by atoms with van der Waals surface area (Å²) in [7, 11) is 1.68. The first-order valence-corrected chi connectivity index (χ1v) is 3.77. The zero-order valence-corrected chi connectivity index (χ0v) is 7.65. The Morgan fingerprint density at radius 3 is 2.92 bits per heavy atom. The van der Waals surface area contributed by atoms with Crippen molar-refractivity contribution in [3.63, 3.8) is 0 Å². The molecule has 0 saturated carbocycles. The molecule has 13 heavy (non-hydrogen) atoms. The normalized spacial score (nSPS) is 9.69. The lowest BCUT2D eigenvalue weighted by molar-refractivity contribution is 0.0533. The smallest absolute Gasteiger partial charge is 0.360 e. The number of carbonyl (C=O) groups excluding carboxylic acids is 1. The van der Waals surface area contributed by atoms with Gasteiger partial charge in [-0.2, -0.15) is 0 Å². The minimum absolute atomic E-state index is 0.212. The number of hydrogen-bond donors (Lipinski definition) is 0. The van der Waals surface area contributed by atoms with Crippen molar-refractivity contribution >= 4 is 5.97 Å². The average molecular weight is 181 g/mol. The van der Waals surface area contributed by atoms with Gasteiger partial charge in [-0.15, -0.1) is 5.10 Å². The molecule has 0 spiro atoms. The molecule has 0 aromatic carbocycles. The molecule has 0 atom stereocenters. The fourth-order valence-corrected chi connectivity index (χ4v) is 0.704. The Labute approximate surface area is 76.0 Å². The summed E-state index contributed by atoms with van der Waals surface area (Å²) in [6.07, 6.45) is 1.50. The van der Waals surface area contributed by atoms with Crippen LogP contribution in [0.3, 0.4) is 0 Å². The van der Waals surface area contributed by atoms with E-state index in [-0.39, 0.29) is 12.3 Å². The Balaban J connectivity index is 2.54. The topological polar surface area (TPSA) is 57.0 Å². The van der Waals surface area contributed by atoms with E-state index >= 15 is 0 Å². The summed E-state index contributed by atoms with van der Waals surface area (Å²) in [4.78, 5) is 11.2. The molecule has 1 aromatic rings. The molecule has 0 aliphatic rings. The van der Waals surface area contributed by atoms with E-state index in [1.54, 1.807) is 14.0 Å². The number of hydrogen-bond acceptors (Lipinski definition) is 4. The van der Waals surface area contributed by atoms with Gasteiger partial charge >= 0.3 is 5.97 Å². The highest BCUT2D eigenvalue weighted by Gasteiger charge is 2.10. The molecule has 0 fully saturated rings. The molecular weight excluding hydrogens is 170 g/mol. The van der Waals surface area contributed by atoms with E-state index in [0.717, 1.165) is 5.57 Å². The van der Waals surface area contributed by atoms with Crippen molar-refractivity contribution in [1.29, 1.82) is 0 Å². The van der Waals surface area contributed by atoms with Gasteiger partial charge in [-0.05, 0) is 12.5 Å². The maximum Gasteiger partial charge on any atom is 0.360 e. The molecule has 70 valence electrons. The predicted octanol–water partition coefficient (Wildman–Crippen LogP) is 0.548. The van der Waals surface area contributed by atoms with E-state index < -0.39 is 5.97 Å². The Kier molecular flexibility index (Phi) is 2.79. The fourth-order valence-electron chi connectivity index (χ4n) is 0.704. The lowest BCUT2D eigenvalue weighted by Crippen LogP contribution is -2.07. The van der Waals surface area contributed by atoms with E-state index in [1.807, 2.05) is 0 Å². The molecule has 0 radical (unpaired) electrons. The Bertz CT molecular complexity index is 330. The van der Waals surface area contributed by atoms with Crippen LogP contribution in [0.2, 0.25) is 0 Å². The van der Waals surface area contributed by atoms with Crippen LogP contribution >= 0.6 is 0 Å². The van der Waals surface area contributed by atoms with Crippen LogP contribution in [-0.2, 0) is 11.8 Å². The van der Waals surface area contributed by atoms with Crippen molar-refractivity contribution in [2.75, 3.05) is 6.61 Å². The molecule has 0 aliphatic heterocycles. The van der Waals surface area contributed by atoms with Crippen LogP contribution in [0.5, 0.6) is 0 Å². The maximum atomic E-state index is 11.2. The summed E-state index contributed by atoms with van der Waals surface area (Å²) >= 11 is 0. The van der Waals surface area contributed by atoms with E-state index in [2.05, 4.69) is 16.9 Å². The summed E-state index contributed by atoms with van der Waals surface area (Å²) in [6, 6.07) is 0. The quantitative estimate of drug-likeness (QED) is 0.504. The van der Waals surface area contributed by atoms with E-state index in [4.69, 9.17) is 4.74 Å². The van der Waals surface area contributed by atoms with Crippen LogP contribution in [-0.4, -0.2) is 27.6 Å². The summed E-state index contributed by atoms with van der Waals surface area (Å²) in [5, 5.41) is 7.21. The second-order valence-corrected chi connectivity index (χ2v) is 2.81. The first-order chi connectivity index (χ1) is 6.09. The fraction of sp³-hybridized carbons (Fsp3) is 0.375. The maximum absolute atomic E-state index is 11.2. The van der Waals surface area contributed by atoms with Crippen LogP contribution in [0.15, 0.2) is 18.3 Å². The van der Waals surface area contributed by atoms with E-state index in [9.17, 15) is 4.79 Å². The molecule has 1 aromatic heterocycles. The molecule has 0 N–H and O–H groups in total. The minimum Gasteiger partial charge on any atom is -0.456 e. The van der Waals surface area contributed by atoms with Gasteiger partial charge in [0.15, 0.2) is 5.69 Å². The second-order valence-electron chi connectivity index (χ2n) is 2.81. The molecule has 0 saturated heterocycles. The van der Waals surface area contributed by atoms with Crippen LogP contribution < -0.4 is 0 Å². The van der Waals surface area contributed by atoms with Gasteiger partial charge in [0.05, 0.1) is 6.20 Å². The van der Waals surface area contributed by atoms with Gasteiger partial charge in [0.2, 0.25) is 0 Å². The highest BCUT2D eigenvalue weighted by atomic mass is 16.5. The zero-order valence-electron chi connectivity index (χ0n) is 7.65. The Hall–Kier alpha value is -1.65. The lowest BCUT2D eigenvalue weighted by Gasteiger charge is -1.99. The lowest BCUT2D eigenvalue weighted by atomic mass is 10.4. The van der Waals surface area contributed by atoms with Crippen LogP contribution in [0, 0.1) is 0 Å². The number of carbonyl (C=O) groups is 1. The molecule has 1 rings (SSSR count). The highest BCUT2D eigenvalue weighted by Crippen LogP contribution is 1.97. The van der Waals surface area contributed by atoms with E-state index in [0.29, 0.717) is 0 Å². The van der Waals surface area contributed by atoms with Crippen LogP contribution in [0.4, 0.5) is 0 Å². The molecule has 1 heterocycles. The van der Waals surface area contributed by atoms with Crippen molar-refractivity contribution in [3.05, 3.63) is 24.0 Å². The van der Waals surface area contributed by atoms with Crippen molar-refractivity contribution in [2.45, 2.75) is 6.92 Å². The third-order valence-electron chi connectivity index (χ3n) is 1.26. The third kappa shape index (κ3) is 2.70. The standard InChI is InChI=1S/C8H11N3O2/c1-6(2)5-13-8(12)7-4-11(3)10-9-7/h4H,1,5H2,2-3H3. The van der Waals surface area contributed by atoms with Crippen molar-refractivity contribution in [3.8, 4) is 0 Å². The van der Waals surface area contributed by atoms with Gasteiger partial charge in [-0.1, -0.05) is 11.8 Å². The SMILES string of the molecule is C=C(C)COC(=O)c1cn(C)nn1. The molecule has 0 aliphatic carbocycles. The second kappa shape index (κ2) is 3.84. The van der Waals surface area contributed by atoms with Gasteiger partial charge in [-0.25, -0.2) is 4.79 Å². The predicted molar refractivity (Wildman–Crippen MR) is 46.1 cm³/mol. The Morgan fingerprint density at radius 2 is 2.46 bits per heavy atom. The van der Waals surface area contributed by atoms with Crippen molar-refractivity contribution in [2.24, 2.45) is 7.05 Å². The number of aryl methyl sites for hydroxylation is 1. The van der Waals surface area contributed by atoms with Gasteiger partial charge in [0, 0.05) is 7.05 Å². The van der Waals surface area contributed by atoms with Crippen LogP contribution in [0.25, 0.3) is 0 Å². The monoisotopic (exact) mass is 181 g/mol. The number of ether oxygens (including phenoxy) is 1. The average Bonchev–Trinajstić information content (AvgIpc) is 2.47. The number of esters is 1. The summed E-state index contributed by atoms with van der Waals surface area (Å²) in [5.41, 5.74) is 1.00. The van der Waals surface area contributed by atoms with Crippen molar-refractivity contribution in [1.82, 2.24) is 15.0 Å². The molecule has 0 bridgehead atoms. The van der Waals surface area contributed by atoms with Crippen LogP contribution in [0.1, 0.15) is 17.4 Å². The molecule has 5 heteroatoms. The minimum atomic E-state index is -0.476. The molecule has 5 nitrogen and oxygen atoms in total. The van der Waals surface area contributed by atoms with E-state index in [1.165, 1.54) is 10.9 Å². The number of nitrogens with zero attached hydrogens (tertiary/aromatic N) is 3. The first kappa shape index (κ1) is 9.44. The van der Waals surface area contributed by atoms with Gasteiger partial charge < -0.3 is 4.74 Å². The van der Waals surface area contributed by atoms with Gasteiger partial charge in [0.1, 0.15) is 6.61 Å². The van der Waals surface area contributed by atoms with Gasteiger partial charge in [-0.3, -0.25) is 4.68 Å². The largest absolute Gasteiger partial charge is 0.456 e. The zero-order chi connectivity index (χ0) is 9.84. The number of aromatic nitrogens is 3. The summed E-state index contributed by atoms with van der Waals surface area (Å²) in [6.45, 7) is 5.61. The number of rotatable bonds is 3. The summed E-state index contributed by atoms with van der Waals surface area (Å²) < 4.78 is 6.29. The highest BCUT2D eigenvalue weighted by molar-refractivity contribution is 5.86. The molecule has 0 unspecified atom stereocenters. The summed E-state index contributed by atoms with van der Waals surface area (Å²) in [5.74, 6) is -0.476. The van der Waals surface area contributed by atoms with Crippen molar-refractivity contribution < 1.29 is 9.53 Å².